The molecule has 0 unspecified atom stereocenters. The first-order valence-electron chi connectivity index (χ1n) is 2.86. The van der Waals surface area contributed by atoms with Crippen molar-refractivity contribution in [1.82, 2.24) is 5.43 Å². The van der Waals surface area contributed by atoms with E-state index >= 15 is 0 Å². The number of hydrogen-bond acceptors (Lipinski definition) is 2. The van der Waals surface area contributed by atoms with Crippen LogP contribution in [0.2, 0.25) is 0 Å². The summed E-state index contributed by atoms with van der Waals surface area (Å²) in [6.45, 7) is 0. The Kier molecular flexibility index (Phi) is 3.28. The van der Waals surface area contributed by atoms with E-state index in [1.807, 2.05) is 0 Å². The molecule has 0 aliphatic rings. The summed E-state index contributed by atoms with van der Waals surface area (Å²) in [7, 11) is 1.26. The van der Waals surface area contributed by atoms with Gasteiger partial charge in [0.2, 0.25) is 5.88 Å². The monoisotopic (exact) mass is 188 g/mol. The topological polar surface area (TPSA) is 37.2 Å². The van der Waals surface area contributed by atoms with Gasteiger partial charge in [-0.1, -0.05) is 0 Å². The Hall–Kier alpha value is -0.650. The van der Waals surface area contributed by atoms with Gasteiger partial charge in [0.15, 0.2) is 0 Å². The molecule has 2 N–H and O–H groups in total. The summed E-state index contributed by atoms with van der Waals surface area (Å²) in [6, 6.07) is 3.58. The Balaban J connectivity index is 2.41. The summed E-state index contributed by atoms with van der Waals surface area (Å²) < 4.78 is 5.66. The number of anilines is 1. The number of hydrogen-bond donors (Lipinski definition) is 3. The fraction of sp³-hybridized carbons (Fsp3) is 0. The van der Waals surface area contributed by atoms with Crippen LogP contribution in [-0.4, -0.2) is 10.2 Å². The first kappa shape index (κ1) is 8.45. The van der Waals surface area contributed by atoms with Gasteiger partial charge in [0, 0.05) is 6.07 Å². The predicted octanol–water partition coefficient (Wildman–Crippen LogP) is 1.38. The molecule has 0 fully saturated rings. The first-order valence-corrected chi connectivity index (χ1v) is 4.29. The molecule has 0 bridgehead atoms. The largest absolute Gasteiger partial charge is 0.448 e. The van der Waals surface area contributed by atoms with Gasteiger partial charge in [0.25, 0.3) is 0 Å². The third-order valence-electron chi connectivity index (χ3n) is 0.951. The maximum absolute atomic E-state index is 4.98. The van der Waals surface area contributed by atoms with E-state index in [2.05, 4.69) is 29.4 Å². The van der Waals surface area contributed by atoms with Crippen molar-refractivity contribution in [2.45, 2.75) is 0 Å². The van der Waals surface area contributed by atoms with E-state index < -0.39 is 0 Å². The summed E-state index contributed by atoms with van der Waals surface area (Å²) in [6.07, 6.45) is 1.58. The number of thiol groups is 1. The van der Waals surface area contributed by atoms with Crippen LogP contribution < -0.4 is 10.9 Å². The van der Waals surface area contributed by atoms with Crippen LogP contribution in [-0.2, 0) is 0 Å². The van der Waals surface area contributed by atoms with Crippen LogP contribution in [0.15, 0.2) is 22.8 Å². The minimum Gasteiger partial charge on any atom is -0.448 e. The molecule has 0 spiro atoms. The van der Waals surface area contributed by atoms with E-state index in [0.29, 0.717) is 10.2 Å². The van der Waals surface area contributed by atoms with Crippen molar-refractivity contribution in [2.24, 2.45) is 0 Å². The Bertz CT molecular complexity index is 264. The minimum atomic E-state index is 0.644. The van der Waals surface area contributed by atoms with Gasteiger partial charge in [-0.3, -0.25) is 5.43 Å². The second kappa shape index (κ2) is 4.27. The maximum atomic E-state index is 4.98. The average Bonchev–Trinajstić information content (AvgIpc) is 2.52. The van der Waals surface area contributed by atoms with Gasteiger partial charge in [0.05, 0.1) is 6.26 Å². The van der Waals surface area contributed by atoms with Crippen LogP contribution in [0, 0.1) is 0 Å². The molecule has 0 radical (unpaired) electrons. The number of rotatable bonds is 2. The second-order valence-electron chi connectivity index (χ2n) is 1.68. The highest BCUT2D eigenvalue weighted by Gasteiger charge is 1.91. The number of nitrogens with one attached hydrogen (secondary N) is 2. The van der Waals surface area contributed by atoms with Crippen LogP contribution in [0.1, 0.15) is 0 Å². The van der Waals surface area contributed by atoms with Crippen molar-refractivity contribution in [3.8, 4) is 0 Å². The summed E-state index contributed by atoms with van der Waals surface area (Å²) in [4.78, 5) is 0. The molecule has 0 aromatic carbocycles. The van der Waals surface area contributed by atoms with Gasteiger partial charge in [0.1, 0.15) is 4.32 Å². The molecule has 0 aliphatic heterocycles. The van der Waals surface area contributed by atoms with Gasteiger partial charge in [-0.05, 0) is 11.9 Å². The normalized spacial score (nSPS) is 9.18. The molecule has 0 saturated heterocycles. The SMILES string of the molecule is C=S=C(S)NNc1ccco1. The zero-order chi connectivity index (χ0) is 8.10. The molecule has 0 atom stereocenters. The van der Waals surface area contributed by atoms with Gasteiger partial charge in [-0.25, -0.2) is 0 Å². The highest BCUT2D eigenvalue weighted by molar-refractivity contribution is 8.16. The van der Waals surface area contributed by atoms with Crippen molar-refractivity contribution < 1.29 is 4.42 Å². The molecular weight excluding hydrogens is 180 g/mol. The Morgan fingerprint density at radius 3 is 3.09 bits per heavy atom. The average molecular weight is 188 g/mol. The molecule has 1 aromatic heterocycles. The van der Waals surface area contributed by atoms with Crippen LogP contribution in [0.4, 0.5) is 5.88 Å². The van der Waals surface area contributed by atoms with E-state index in [-0.39, 0.29) is 0 Å². The Labute approximate surface area is 73.7 Å². The summed E-state index contributed by atoms with van der Waals surface area (Å²) in [5.41, 5.74) is 5.56. The summed E-state index contributed by atoms with van der Waals surface area (Å²) in [5.74, 6) is 4.20. The van der Waals surface area contributed by atoms with Gasteiger partial charge >= 0.3 is 0 Å². The second-order valence-corrected chi connectivity index (χ2v) is 3.12. The lowest BCUT2D eigenvalue weighted by Crippen LogP contribution is -2.23. The third-order valence-corrected chi connectivity index (χ3v) is 1.83. The molecule has 1 rings (SSSR count). The first-order chi connectivity index (χ1) is 5.33. The van der Waals surface area contributed by atoms with E-state index in [9.17, 15) is 0 Å². The fourth-order valence-electron chi connectivity index (χ4n) is 0.501. The van der Waals surface area contributed by atoms with Crippen LogP contribution in [0.3, 0.4) is 0 Å². The smallest absolute Gasteiger partial charge is 0.207 e. The molecule has 1 heterocycles. The molecular formula is C6H8N2OS2. The molecule has 0 saturated carbocycles. The zero-order valence-electron chi connectivity index (χ0n) is 5.70. The van der Waals surface area contributed by atoms with Gasteiger partial charge in [-0.2, -0.15) is 5.43 Å². The molecule has 11 heavy (non-hydrogen) atoms. The van der Waals surface area contributed by atoms with Crippen molar-refractivity contribution in [1.29, 1.82) is 0 Å². The molecule has 0 aliphatic carbocycles. The van der Waals surface area contributed by atoms with E-state index in [4.69, 9.17) is 4.42 Å². The molecule has 1 aromatic rings. The lowest BCUT2D eigenvalue weighted by atomic mass is 10.6. The zero-order valence-corrected chi connectivity index (χ0v) is 7.41. The van der Waals surface area contributed by atoms with Crippen molar-refractivity contribution in [2.75, 3.05) is 5.43 Å². The number of hydrazine groups is 1. The molecule has 0 amide bonds. The lowest BCUT2D eigenvalue weighted by molar-refractivity contribution is 0.577. The number of furan rings is 1. The fourth-order valence-corrected chi connectivity index (χ4v) is 0.680. The third kappa shape index (κ3) is 2.83. The summed E-state index contributed by atoms with van der Waals surface area (Å²) in [5, 5.41) is 0. The molecule has 60 valence electrons. The maximum Gasteiger partial charge on any atom is 0.207 e. The van der Waals surface area contributed by atoms with Crippen LogP contribution in [0.5, 0.6) is 0 Å². The highest BCUT2D eigenvalue weighted by atomic mass is 32.2. The van der Waals surface area contributed by atoms with E-state index in [0.717, 1.165) is 0 Å². The van der Waals surface area contributed by atoms with E-state index in [1.165, 1.54) is 10.9 Å². The molecule has 5 heteroatoms. The lowest BCUT2D eigenvalue weighted by Gasteiger charge is -2.00. The highest BCUT2D eigenvalue weighted by Crippen LogP contribution is 2.04. The van der Waals surface area contributed by atoms with Crippen molar-refractivity contribution in [3.63, 3.8) is 0 Å². The standard InChI is InChI=1S/C6H8N2OS2/c1-11-6(10)8-7-5-3-2-4-9-5/h2-4,7-8,10H,1H2. The summed E-state index contributed by atoms with van der Waals surface area (Å²) >= 11 is 4.04. The van der Waals surface area contributed by atoms with Crippen molar-refractivity contribution >= 4 is 39.6 Å². The Morgan fingerprint density at radius 2 is 2.55 bits per heavy atom. The predicted molar refractivity (Wildman–Crippen MR) is 54.2 cm³/mol. The quantitative estimate of drug-likeness (QED) is 0.373. The van der Waals surface area contributed by atoms with E-state index in [1.54, 1.807) is 18.4 Å². The van der Waals surface area contributed by atoms with Gasteiger partial charge in [-0.15, -0.1) is 23.6 Å². The molecule has 3 nitrogen and oxygen atoms in total. The van der Waals surface area contributed by atoms with Crippen molar-refractivity contribution in [3.05, 3.63) is 18.4 Å². The Morgan fingerprint density at radius 1 is 1.73 bits per heavy atom. The van der Waals surface area contributed by atoms with Crippen LogP contribution >= 0.6 is 23.6 Å². The van der Waals surface area contributed by atoms with Gasteiger partial charge < -0.3 is 4.42 Å². The minimum absolute atomic E-state index is 0.644. The van der Waals surface area contributed by atoms with Crippen LogP contribution in [0.25, 0.3) is 0 Å².